The number of rotatable bonds is 4. The van der Waals surface area contributed by atoms with E-state index in [2.05, 4.69) is 31.3 Å². The number of aromatic nitrogens is 1. The van der Waals surface area contributed by atoms with Gasteiger partial charge in [0.1, 0.15) is 0 Å². The number of alkyl halides is 2. The van der Waals surface area contributed by atoms with E-state index < -0.39 is 26.0 Å². The van der Waals surface area contributed by atoms with Crippen LogP contribution in [0.2, 0.25) is 0 Å². The number of aromatic amines is 1. The number of H-pyrrole nitrogens is 1. The van der Waals surface area contributed by atoms with Crippen LogP contribution in [-0.4, -0.2) is 52.2 Å². The third-order valence-electron chi connectivity index (χ3n) is 8.73. The Kier molecular flexibility index (Phi) is 5.76. The number of fused-ring (bicyclic) bond motifs is 4. The van der Waals surface area contributed by atoms with Crippen LogP contribution in [0.4, 0.5) is 0 Å². The Morgan fingerprint density at radius 2 is 1.89 bits per heavy atom. The molecule has 198 valence electrons. The Morgan fingerprint density at radius 3 is 2.65 bits per heavy atom. The number of hydrogen-bond acceptors (Lipinski definition) is 4. The van der Waals surface area contributed by atoms with Gasteiger partial charge in [0.25, 0.3) is 0 Å². The van der Waals surface area contributed by atoms with E-state index in [-0.39, 0.29) is 37.3 Å². The van der Waals surface area contributed by atoms with E-state index in [0.717, 1.165) is 50.0 Å². The van der Waals surface area contributed by atoms with Crippen LogP contribution in [0.15, 0.2) is 18.2 Å². The van der Waals surface area contributed by atoms with Crippen LogP contribution in [0, 0.1) is 0 Å². The maximum absolute atomic E-state index is 14.5. The summed E-state index contributed by atoms with van der Waals surface area (Å²) in [6.07, 6.45) is 11.2. The van der Waals surface area contributed by atoms with Gasteiger partial charge >= 0.3 is 227 Å². The number of carboxylic acids is 1. The second-order valence-electron chi connectivity index (χ2n) is 10.6. The molecule has 3 atom stereocenters. The van der Waals surface area contributed by atoms with Gasteiger partial charge in [0.2, 0.25) is 0 Å². The number of carboxylic acid groups (broad SMARTS) is 1. The van der Waals surface area contributed by atoms with Gasteiger partial charge in [0.15, 0.2) is 0 Å². The quantitative estimate of drug-likeness (QED) is 0.347. The summed E-state index contributed by atoms with van der Waals surface area (Å²) in [6.45, 7) is 0.240. The number of likely N-dealkylation sites (N-methyl/N-ethyl adjacent to an activating group) is 1. The standard InChI is InChI=1S/C28H31I2N2O5/c1-32(28(27(34)35)11-5-2-6-12-28)26(33)20-14-19-18-7-3-4-8-21(18)31-25(19)24(30(20)15-29-30)17-9-10-22-23(13-17)37-16-36-22/h7-10,13,15,20,24,31H,2-6,11-12,14,16H2,1H3,(H,34,35)/q-1/t20-,24-/m1/s1. The SMILES string of the molecule is CN(C(=O)[C@H]1Cc2c([nH]c3c2=CCCC=3)[C@@H](c2ccc3c(c2)OCO3)[I-]12C=I2)C1(C(=O)O)CCCCC1. The van der Waals surface area contributed by atoms with Crippen molar-refractivity contribution in [2.24, 2.45) is 0 Å². The van der Waals surface area contributed by atoms with Gasteiger partial charge in [-0.1, -0.05) is 0 Å². The molecular weight excluding hydrogens is 698 g/mol. The minimum atomic E-state index is -2.71. The van der Waals surface area contributed by atoms with Gasteiger partial charge in [-0.05, 0) is 0 Å². The first kappa shape index (κ1) is 24.2. The zero-order chi connectivity index (χ0) is 25.4. The summed E-state index contributed by atoms with van der Waals surface area (Å²) >= 11 is -2.88. The van der Waals surface area contributed by atoms with Crippen molar-refractivity contribution in [1.82, 2.24) is 9.88 Å². The first-order valence-electron chi connectivity index (χ1n) is 13.0. The van der Waals surface area contributed by atoms with Gasteiger partial charge in [0.05, 0.1) is 0 Å². The fourth-order valence-electron chi connectivity index (χ4n) is 6.66. The Bertz CT molecular complexity index is 1470. The molecular formula is C28H31I2N2O5-. The van der Waals surface area contributed by atoms with Gasteiger partial charge in [-0.3, -0.25) is 0 Å². The number of amides is 1. The predicted octanol–water partition coefficient (Wildman–Crippen LogP) is 0.178. The molecule has 1 spiro atoms. The molecule has 9 heteroatoms. The summed E-state index contributed by atoms with van der Waals surface area (Å²) in [5, 5.41) is 12.8. The van der Waals surface area contributed by atoms with Crippen molar-refractivity contribution in [2.75, 3.05) is 13.8 Å². The number of halogens is 2. The normalized spacial score (nSPS) is 30.0. The summed E-state index contributed by atoms with van der Waals surface area (Å²) in [5.74, 6) is 0.779. The van der Waals surface area contributed by atoms with Gasteiger partial charge in [-0.25, -0.2) is 0 Å². The Labute approximate surface area is 225 Å². The number of ether oxygens (including phenoxy) is 2. The van der Waals surface area contributed by atoms with Crippen molar-refractivity contribution < 1.29 is 38.6 Å². The van der Waals surface area contributed by atoms with Gasteiger partial charge < -0.3 is 0 Å². The van der Waals surface area contributed by atoms with Crippen LogP contribution in [0.25, 0.3) is 12.2 Å². The molecule has 7 rings (SSSR count). The molecule has 2 N–H and O–H groups in total. The van der Waals surface area contributed by atoms with Crippen LogP contribution >= 0.6 is 16.8 Å². The molecule has 4 heterocycles. The van der Waals surface area contributed by atoms with Crippen LogP contribution in [-0.2, 0) is 16.0 Å². The average molecular weight is 729 g/mol. The second kappa shape index (κ2) is 8.82. The first-order valence-corrected chi connectivity index (χ1v) is 24.3. The van der Waals surface area contributed by atoms with E-state index in [1.807, 2.05) is 6.07 Å². The fourth-order valence-corrected chi connectivity index (χ4v) is 38.8. The van der Waals surface area contributed by atoms with Crippen molar-refractivity contribution in [3.05, 3.63) is 45.6 Å². The zero-order valence-corrected chi connectivity index (χ0v) is 25.1. The Morgan fingerprint density at radius 1 is 1.14 bits per heavy atom. The van der Waals surface area contributed by atoms with Crippen LogP contribution < -0.4 is 34.5 Å². The summed E-state index contributed by atoms with van der Waals surface area (Å²) in [7, 11) is 1.77. The minimum absolute atomic E-state index is 0.0697. The Balaban J connectivity index is 1.36. The molecule has 37 heavy (non-hydrogen) atoms. The van der Waals surface area contributed by atoms with Gasteiger partial charge in [-0.2, -0.15) is 0 Å². The average Bonchev–Trinajstić information content (AvgIpc) is 3.38. The summed E-state index contributed by atoms with van der Waals surface area (Å²) in [4.78, 5) is 32.5. The summed E-state index contributed by atoms with van der Waals surface area (Å²) in [5.41, 5.74) is 2.70. The third kappa shape index (κ3) is 3.58. The molecule has 0 bridgehead atoms. The van der Waals surface area contributed by atoms with Crippen LogP contribution in [0.3, 0.4) is 0 Å². The fraction of sp³-hybridized carbons (Fsp3) is 0.464. The van der Waals surface area contributed by atoms with E-state index in [9.17, 15) is 14.7 Å². The number of nitrogens with one attached hydrogen (secondary N) is 1. The number of benzene rings is 1. The second-order valence-corrected chi connectivity index (χ2v) is 33.6. The number of nitrogens with zero attached hydrogens (tertiary/aromatic N) is 1. The van der Waals surface area contributed by atoms with E-state index >= 15 is 0 Å². The summed E-state index contributed by atoms with van der Waals surface area (Å²) in [6, 6.07) is 6.29. The van der Waals surface area contributed by atoms with E-state index in [1.54, 1.807) is 11.9 Å². The molecule has 1 saturated carbocycles. The van der Waals surface area contributed by atoms with Gasteiger partial charge in [-0.15, -0.1) is 0 Å². The predicted molar refractivity (Wildman–Crippen MR) is 146 cm³/mol. The summed E-state index contributed by atoms with van der Waals surface area (Å²) < 4.78 is 14.0. The molecule has 1 aromatic carbocycles. The van der Waals surface area contributed by atoms with Crippen LogP contribution in [0.5, 0.6) is 11.5 Å². The molecule has 3 aliphatic heterocycles. The zero-order valence-electron chi connectivity index (χ0n) is 20.8. The van der Waals surface area contributed by atoms with Crippen molar-refractivity contribution in [3.63, 3.8) is 0 Å². The maximum atomic E-state index is 14.5. The molecule has 1 fully saturated rings. The van der Waals surface area contributed by atoms with E-state index in [0.29, 0.717) is 12.8 Å². The molecule has 2 aliphatic carbocycles. The molecule has 1 amide bonds. The Hall–Kier alpha value is -1.89. The van der Waals surface area contributed by atoms with Crippen molar-refractivity contribution in [2.45, 2.75) is 64.8 Å². The molecule has 5 aliphatic rings. The van der Waals surface area contributed by atoms with Crippen molar-refractivity contribution >= 4 is 42.8 Å². The first-order chi connectivity index (χ1) is 17.9. The van der Waals surface area contributed by atoms with Gasteiger partial charge in [0, 0.05) is 0 Å². The van der Waals surface area contributed by atoms with Crippen molar-refractivity contribution in [3.8, 4) is 11.5 Å². The van der Waals surface area contributed by atoms with Crippen molar-refractivity contribution in [1.29, 1.82) is 0 Å². The van der Waals surface area contributed by atoms with E-state index in [4.69, 9.17) is 9.47 Å². The third-order valence-corrected chi connectivity index (χ3v) is 34.2. The monoisotopic (exact) mass is 729 g/mol. The van der Waals surface area contributed by atoms with Crippen LogP contribution in [0.1, 0.15) is 65.7 Å². The molecule has 2 aromatic rings. The molecule has 0 radical (unpaired) electrons. The molecule has 0 saturated heterocycles. The topological polar surface area (TPSA) is 91.9 Å². The number of carbonyl (C=O) groups is 2. The number of carbonyl (C=O) groups excluding carboxylic acids is 1. The number of hydrogen-bond donors (Lipinski definition) is 2. The molecule has 1 unspecified atom stereocenters. The number of aliphatic carboxylic acids is 1. The van der Waals surface area contributed by atoms with E-state index in [1.165, 1.54) is 27.4 Å². The molecule has 1 aromatic heterocycles. The molecule has 7 nitrogen and oxygen atoms in total.